The summed E-state index contributed by atoms with van der Waals surface area (Å²) in [5.74, 6) is 0.278. The van der Waals surface area contributed by atoms with E-state index in [-0.39, 0.29) is 18.4 Å². The predicted octanol–water partition coefficient (Wildman–Crippen LogP) is 2.50. The zero-order valence-corrected chi connectivity index (χ0v) is 18.6. The van der Waals surface area contributed by atoms with Crippen molar-refractivity contribution in [3.63, 3.8) is 0 Å². The number of hydrogen-bond donors (Lipinski definition) is 2. The van der Waals surface area contributed by atoms with Gasteiger partial charge in [-0.1, -0.05) is 42.5 Å². The smallest absolute Gasteiger partial charge is 0.261 e. The second-order valence-electron chi connectivity index (χ2n) is 8.25. The van der Waals surface area contributed by atoms with Crippen LogP contribution in [0.15, 0.2) is 59.6 Å². The molecule has 1 fully saturated rings. The zero-order valence-electron chi connectivity index (χ0n) is 18.6. The van der Waals surface area contributed by atoms with Crippen LogP contribution in [0, 0.1) is 0 Å². The highest BCUT2D eigenvalue weighted by Crippen LogP contribution is 2.22. The van der Waals surface area contributed by atoms with Gasteiger partial charge in [0, 0.05) is 38.8 Å². The minimum absolute atomic E-state index is 0.232. The number of piperidine rings is 1. The van der Waals surface area contributed by atoms with E-state index in [2.05, 4.69) is 50.9 Å². The number of fused-ring (bicyclic) bond motifs is 1. The van der Waals surface area contributed by atoms with Crippen LogP contribution in [0.25, 0.3) is 0 Å². The van der Waals surface area contributed by atoms with Crippen molar-refractivity contribution in [3.05, 3.63) is 71.3 Å². The fourth-order valence-electron chi connectivity index (χ4n) is 4.29. The first-order valence-corrected chi connectivity index (χ1v) is 11.4. The molecule has 2 heterocycles. The summed E-state index contributed by atoms with van der Waals surface area (Å²) in [6.45, 7) is 6.51. The molecule has 0 unspecified atom stereocenters. The normalized spacial score (nSPS) is 17.5. The highest BCUT2D eigenvalue weighted by molar-refractivity contribution is 6.21. The van der Waals surface area contributed by atoms with Crippen LogP contribution in [0.5, 0.6) is 0 Å². The molecule has 2 aromatic carbocycles. The van der Waals surface area contributed by atoms with Gasteiger partial charge in [-0.25, -0.2) is 0 Å². The van der Waals surface area contributed by atoms with E-state index in [1.807, 2.05) is 6.92 Å². The van der Waals surface area contributed by atoms with Crippen molar-refractivity contribution in [3.8, 4) is 0 Å². The first kappa shape index (κ1) is 22.0. The molecular weight excluding hydrogens is 402 g/mol. The van der Waals surface area contributed by atoms with Crippen LogP contribution in [0.4, 0.5) is 0 Å². The number of guanidine groups is 1. The van der Waals surface area contributed by atoms with Crippen LogP contribution >= 0.6 is 0 Å². The topological polar surface area (TPSA) is 77.0 Å². The molecule has 2 aliphatic rings. The summed E-state index contributed by atoms with van der Waals surface area (Å²) in [4.78, 5) is 33.4. The van der Waals surface area contributed by atoms with Gasteiger partial charge in [0.2, 0.25) is 0 Å². The molecule has 0 spiro atoms. The van der Waals surface area contributed by atoms with Crippen LogP contribution in [0.1, 0.15) is 46.0 Å². The van der Waals surface area contributed by atoms with Gasteiger partial charge in [-0.15, -0.1) is 0 Å². The van der Waals surface area contributed by atoms with E-state index >= 15 is 0 Å². The Morgan fingerprint density at radius 2 is 1.59 bits per heavy atom. The highest BCUT2D eigenvalue weighted by Gasteiger charge is 2.34. The van der Waals surface area contributed by atoms with Crippen LogP contribution in [0.2, 0.25) is 0 Å². The van der Waals surface area contributed by atoms with E-state index < -0.39 is 0 Å². The fraction of sp³-hybridized carbons (Fsp3) is 0.400. The number of likely N-dealkylation sites (tertiary alicyclic amines) is 1. The molecule has 2 N–H and O–H groups in total. The Morgan fingerprint density at radius 3 is 2.22 bits per heavy atom. The number of nitrogens with one attached hydrogen (secondary N) is 2. The largest absolute Gasteiger partial charge is 0.357 e. The van der Waals surface area contributed by atoms with E-state index in [4.69, 9.17) is 0 Å². The van der Waals surface area contributed by atoms with E-state index in [9.17, 15) is 9.59 Å². The SMILES string of the molecule is CCNC(=NCCN1C(=O)c2ccccc2C1=O)NC1CCN(Cc2ccccc2)CC1. The van der Waals surface area contributed by atoms with E-state index in [1.54, 1.807) is 24.3 Å². The van der Waals surface area contributed by atoms with Gasteiger partial charge in [-0.3, -0.25) is 24.4 Å². The molecule has 7 heteroatoms. The molecule has 0 saturated carbocycles. The van der Waals surface area contributed by atoms with Gasteiger partial charge in [-0.05, 0) is 37.5 Å². The Kier molecular flexibility index (Phi) is 7.17. The van der Waals surface area contributed by atoms with Gasteiger partial charge in [0.15, 0.2) is 5.96 Å². The summed E-state index contributed by atoms with van der Waals surface area (Å²) in [5.41, 5.74) is 2.31. The van der Waals surface area contributed by atoms with Crippen molar-refractivity contribution in [2.24, 2.45) is 4.99 Å². The molecule has 0 bridgehead atoms. The van der Waals surface area contributed by atoms with Gasteiger partial charge in [-0.2, -0.15) is 0 Å². The van der Waals surface area contributed by atoms with Crippen molar-refractivity contribution in [2.45, 2.75) is 32.4 Å². The second-order valence-corrected chi connectivity index (χ2v) is 8.25. The highest BCUT2D eigenvalue weighted by atomic mass is 16.2. The number of imide groups is 1. The lowest BCUT2D eigenvalue weighted by Gasteiger charge is -2.33. The summed E-state index contributed by atoms with van der Waals surface area (Å²) in [7, 11) is 0. The predicted molar refractivity (Wildman–Crippen MR) is 126 cm³/mol. The van der Waals surface area contributed by atoms with E-state index in [1.165, 1.54) is 10.5 Å². The second kappa shape index (κ2) is 10.4. The molecule has 2 amide bonds. The average molecular weight is 434 g/mol. The van der Waals surface area contributed by atoms with Gasteiger partial charge < -0.3 is 10.6 Å². The summed E-state index contributed by atoms with van der Waals surface area (Å²) >= 11 is 0. The Balaban J connectivity index is 1.27. The van der Waals surface area contributed by atoms with Crippen LogP contribution in [-0.2, 0) is 6.54 Å². The minimum atomic E-state index is -0.232. The van der Waals surface area contributed by atoms with Crippen LogP contribution in [0.3, 0.4) is 0 Å². The molecule has 32 heavy (non-hydrogen) atoms. The number of carbonyl (C=O) groups is 2. The third-order valence-corrected chi connectivity index (χ3v) is 5.99. The van der Waals surface area contributed by atoms with Gasteiger partial charge in [0.05, 0.1) is 17.7 Å². The molecule has 0 aromatic heterocycles. The first-order chi connectivity index (χ1) is 15.7. The maximum absolute atomic E-state index is 12.5. The van der Waals surface area contributed by atoms with E-state index in [0.29, 0.717) is 23.7 Å². The lowest BCUT2D eigenvalue weighted by Crippen LogP contribution is -2.48. The quantitative estimate of drug-likeness (QED) is 0.399. The van der Waals surface area contributed by atoms with Gasteiger partial charge in [0.1, 0.15) is 0 Å². The first-order valence-electron chi connectivity index (χ1n) is 11.4. The number of benzene rings is 2. The lowest BCUT2D eigenvalue weighted by molar-refractivity contribution is 0.0659. The van der Waals surface area contributed by atoms with Crippen molar-refractivity contribution in [1.82, 2.24) is 20.4 Å². The Bertz CT molecular complexity index is 932. The number of hydrogen-bond acceptors (Lipinski definition) is 4. The molecule has 168 valence electrons. The van der Waals surface area contributed by atoms with E-state index in [0.717, 1.165) is 45.0 Å². The third kappa shape index (κ3) is 5.16. The zero-order chi connectivity index (χ0) is 22.3. The van der Waals surface area contributed by atoms with Crippen molar-refractivity contribution >= 4 is 17.8 Å². The van der Waals surface area contributed by atoms with Crippen LogP contribution < -0.4 is 10.6 Å². The minimum Gasteiger partial charge on any atom is -0.357 e. The molecule has 1 saturated heterocycles. The number of carbonyl (C=O) groups excluding carboxylic acids is 2. The number of nitrogens with zero attached hydrogens (tertiary/aromatic N) is 3. The van der Waals surface area contributed by atoms with Crippen molar-refractivity contribution in [2.75, 3.05) is 32.7 Å². The molecule has 7 nitrogen and oxygen atoms in total. The molecule has 2 aromatic rings. The van der Waals surface area contributed by atoms with Gasteiger partial charge >= 0.3 is 0 Å². The maximum atomic E-state index is 12.5. The maximum Gasteiger partial charge on any atom is 0.261 e. The van der Waals surface area contributed by atoms with Gasteiger partial charge in [0.25, 0.3) is 11.8 Å². The molecule has 0 aliphatic carbocycles. The summed E-state index contributed by atoms with van der Waals surface area (Å²) in [6.07, 6.45) is 2.10. The van der Waals surface area contributed by atoms with Crippen molar-refractivity contribution < 1.29 is 9.59 Å². The lowest BCUT2D eigenvalue weighted by atomic mass is 10.0. The Labute approximate surface area is 189 Å². The van der Waals surface area contributed by atoms with Crippen LogP contribution in [-0.4, -0.2) is 66.3 Å². The molecule has 4 rings (SSSR count). The number of rotatable bonds is 7. The number of amides is 2. The molecular formula is C25H31N5O2. The molecule has 0 radical (unpaired) electrons. The monoisotopic (exact) mass is 433 g/mol. The molecule has 2 aliphatic heterocycles. The Hall–Kier alpha value is -3.19. The third-order valence-electron chi connectivity index (χ3n) is 5.99. The standard InChI is InChI=1S/C25H31N5O2/c1-2-26-25(27-14-17-30-23(31)21-10-6-7-11-22(21)24(30)32)28-20-12-15-29(16-13-20)18-19-8-4-3-5-9-19/h3-11,20H,2,12-18H2,1H3,(H2,26,27,28). The molecule has 0 atom stereocenters. The van der Waals surface area contributed by atoms with Crippen molar-refractivity contribution in [1.29, 1.82) is 0 Å². The summed E-state index contributed by atoms with van der Waals surface area (Å²) in [6, 6.07) is 17.9. The summed E-state index contributed by atoms with van der Waals surface area (Å²) in [5, 5.41) is 6.81. The fourth-order valence-corrected chi connectivity index (χ4v) is 4.29. The number of aliphatic imine (C=N–C) groups is 1. The average Bonchev–Trinajstić information content (AvgIpc) is 3.06. The Morgan fingerprint density at radius 1 is 0.969 bits per heavy atom. The summed E-state index contributed by atoms with van der Waals surface area (Å²) < 4.78 is 0.